The third-order valence-electron chi connectivity index (χ3n) is 7.95. The van der Waals surface area contributed by atoms with Crippen LogP contribution in [0.3, 0.4) is 0 Å². The largest absolute Gasteiger partial charge is 0.398 e. The van der Waals surface area contributed by atoms with Gasteiger partial charge in [0.05, 0.1) is 5.69 Å². The Morgan fingerprint density at radius 1 is 0.892 bits per heavy atom. The molecule has 9 nitrogen and oxygen atoms in total. The molecule has 0 spiro atoms. The summed E-state index contributed by atoms with van der Waals surface area (Å²) >= 11 is 0. The van der Waals surface area contributed by atoms with E-state index >= 15 is 0 Å². The molecule has 2 aliphatic carbocycles. The van der Waals surface area contributed by atoms with Gasteiger partial charge in [-0.2, -0.15) is 9.97 Å². The van der Waals surface area contributed by atoms with E-state index in [2.05, 4.69) is 19.9 Å². The van der Waals surface area contributed by atoms with E-state index in [0.717, 1.165) is 59.5 Å². The molecule has 6 rings (SSSR count). The topological polar surface area (TPSA) is 147 Å². The van der Waals surface area contributed by atoms with Crippen molar-refractivity contribution in [1.29, 1.82) is 0 Å². The number of hydrogen-bond donors (Lipinski definition) is 4. The summed E-state index contributed by atoms with van der Waals surface area (Å²) in [5.74, 6) is 2.20. The number of imidazole rings is 1. The van der Waals surface area contributed by atoms with Crippen molar-refractivity contribution in [3.8, 4) is 11.3 Å². The van der Waals surface area contributed by atoms with Crippen LogP contribution in [-0.2, 0) is 6.54 Å². The number of hydrogen-bond acceptors (Lipinski definition) is 8. The molecule has 0 aliphatic heterocycles. The van der Waals surface area contributed by atoms with Crippen molar-refractivity contribution in [3.05, 3.63) is 54.0 Å². The van der Waals surface area contributed by atoms with E-state index in [9.17, 15) is 0 Å². The van der Waals surface area contributed by atoms with Crippen LogP contribution in [0.4, 0.5) is 17.5 Å². The van der Waals surface area contributed by atoms with Gasteiger partial charge in [-0.25, -0.2) is 4.98 Å². The monoisotopic (exact) mass is 497 g/mol. The Morgan fingerprint density at radius 3 is 2.43 bits per heavy atom. The highest BCUT2D eigenvalue weighted by Gasteiger charge is 2.33. The standard InChI is InChI=1S/C28H35N9/c29-21-11-5-3-9-19(21)23-14-13-17(15-32-23)16-33-25-24-27(36-28(31)35-25)37(18-7-1-2-8-18)26(34-24)20-10-4-6-12-22(20)30/h3,5,9,11,13-15,18,20,22H,1-2,4,6-8,10,12,16,29-30H2,(H3,31,33,35,36). The number of fused-ring (bicyclic) bond motifs is 1. The lowest BCUT2D eigenvalue weighted by molar-refractivity contribution is 0.354. The highest BCUT2D eigenvalue weighted by atomic mass is 15.2. The van der Waals surface area contributed by atoms with Crippen LogP contribution in [0.25, 0.3) is 22.4 Å². The fourth-order valence-electron chi connectivity index (χ4n) is 6.00. The Balaban J connectivity index is 1.32. The van der Waals surface area contributed by atoms with E-state index < -0.39 is 0 Å². The number of para-hydroxylation sites is 1. The predicted octanol–water partition coefficient (Wildman–Crippen LogP) is 4.76. The van der Waals surface area contributed by atoms with Crippen LogP contribution < -0.4 is 22.5 Å². The smallest absolute Gasteiger partial charge is 0.224 e. The summed E-state index contributed by atoms with van der Waals surface area (Å²) in [6.07, 6.45) is 11.1. The molecule has 1 aromatic carbocycles. The lowest BCUT2D eigenvalue weighted by Crippen LogP contribution is -2.33. The summed E-state index contributed by atoms with van der Waals surface area (Å²) in [6.45, 7) is 0.539. The first-order valence-electron chi connectivity index (χ1n) is 13.4. The maximum Gasteiger partial charge on any atom is 0.224 e. The summed E-state index contributed by atoms with van der Waals surface area (Å²) in [7, 11) is 0. The third-order valence-corrected chi connectivity index (χ3v) is 7.95. The Labute approximate surface area is 216 Å². The average molecular weight is 498 g/mol. The molecule has 0 bridgehead atoms. The lowest BCUT2D eigenvalue weighted by Gasteiger charge is -2.29. The Hall–Kier alpha value is -3.72. The Bertz CT molecular complexity index is 1390. The fraction of sp³-hybridized carbons (Fsp3) is 0.429. The van der Waals surface area contributed by atoms with Crippen LogP contribution in [0.5, 0.6) is 0 Å². The van der Waals surface area contributed by atoms with Crippen LogP contribution in [0.15, 0.2) is 42.6 Å². The van der Waals surface area contributed by atoms with Gasteiger partial charge < -0.3 is 27.1 Å². The second-order valence-corrected chi connectivity index (χ2v) is 10.4. The van der Waals surface area contributed by atoms with E-state index in [1.807, 2.05) is 42.6 Å². The predicted molar refractivity (Wildman–Crippen MR) is 148 cm³/mol. The molecule has 0 amide bonds. The average Bonchev–Trinajstić information content (AvgIpc) is 3.56. The summed E-state index contributed by atoms with van der Waals surface area (Å²) < 4.78 is 2.35. The molecule has 0 radical (unpaired) electrons. The minimum absolute atomic E-state index is 0.121. The van der Waals surface area contributed by atoms with Crippen molar-refractivity contribution >= 4 is 28.6 Å². The van der Waals surface area contributed by atoms with Crippen molar-refractivity contribution in [2.45, 2.75) is 75.9 Å². The van der Waals surface area contributed by atoms with Gasteiger partial charge in [-0.05, 0) is 43.4 Å². The number of nitrogen functional groups attached to an aromatic ring is 2. The quantitative estimate of drug-likeness (QED) is 0.279. The van der Waals surface area contributed by atoms with E-state index in [-0.39, 0.29) is 17.9 Å². The van der Waals surface area contributed by atoms with Gasteiger partial charge >= 0.3 is 0 Å². The van der Waals surface area contributed by atoms with Gasteiger partial charge in [0.1, 0.15) is 5.82 Å². The van der Waals surface area contributed by atoms with Crippen LogP contribution in [0.1, 0.15) is 74.7 Å². The number of benzene rings is 1. The van der Waals surface area contributed by atoms with Crippen molar-refractivity contribution < 1.29 is 0 Å². The maximum atomic E-state index is 6.62. The van der Waals surface area contributed by atoms with Crippen LogP contribution in [-0.4, -0.2) is 30.5 Å². The number of anilines is 3. The normalized spacial score (nSPS) is 20.5. The highest BCUT2D eigenvalue weighted by Crippen LogP contribution is 2.40. The first-order chi connectivity index (χ1) is 18.1. The number of aromatic nitrogens is 5. The first-order valence-corrected chi connectivity index (χ1v) is 13.4. The number of nitrogens with two attached hydrogens (primary N) is 3. The van der Waals surface area contributed by atoms with Crippen molar-refractivity contribution in [1.82, 2.24) is 24.5 Å². The minimum atomic E-state index is 0.121. The summed E-state index contributed by atoms with van der Waals surface area (Å²) in [5, 5.41) is 3.46. The van der Waals surface area contributed by atoms with Gasteiger partial charge in [0.15, 0.2) is 17.0 Å². The van der Waals surface area contributed by atoms with E-state index in [0.29, 0.717) is 24.1 Å². The molecule has 4 aromatic rings. The van der Waals surface area contributed by atoms with Crippen LogP contribution in [0, 0.1) is 0 Å². The van der Waals surface area contributed by atoms with Gasteiger partial charge in [-0.1, -0.05) is 49.9 Å². The fourth-order valence-corrected chi connectivity index (χ4v) is 6.00. The van der Waals surface area contributed by atoms with Gasteiger partial charge in [0.2, 0.25) is 5.95 Å². The van der Waals surface area contributed by atoms with Crippen LogP contribution in [0.2, 0.25) is 0 Å². The lowest BCUT2D eigenvalue weighted by atomic mass is 9.84. The second-order valence-electron chi connectivity index (χ2n) is 10.4. The Kier molecular flexibility index (Phi) is 6.38. The minimum Gasteiger partial charge on any atom is -0.398 e. The zero-order valence-electron chi connectivity index (χ0n) is 21.1. The molecule has 2 fully saturated rings. The summed E-state index contributed by atoms with van der Waals surface area (Å²) in [6, 6.07) is 12.3. The summed E-state index contributed by atoms with van der Waals surface area (Å²) in [5.41, 5.74) is 24.1. The molecular formula is C28H35N9. The second kappa shape index (κ2) is 9.97. The molecule has 2 unspecified atom stereocenters. The number of nitrogens with one attached hydrogen (secondary N) is 1. The molecule has 2 aliphatic rings. The van der Waals surface area contributed by atoms with Gasteiger partial charge in [-0.15, -0.1) is 0 Å². The molecular weight excluding hydrogens is 462 g/mol. The molecule has 37 heavy (non-hydrogen) atoms. The molecule has 2 atom stereocenters. The summed E-state index contributed by atoms with van der Waals surface area (Å²) in [4.78, 5) is 19.0. The molecule has 0 saturated heterocycles. The van der Waals surface area contributed by atoms with Gasteiger partial charge in [0.25, 0.3) is 0 Å². The van der Waals surface area contributed by atoms with Gasteiger partial charge in [0, 0.05) is 42.0 Å². The van der Waals surface area contributed by atoms with Crippen LogP contribution >= 0.6 is 0 Å². The van der Waals surface area contributed by atoms with Crippen molar-refractivity contribution in [2.75, 3.05) is 16.8 Å². The Morgan fingerprint density at radius 2 is 1.68 bits per heavy atom. The van der Waals surface area contributed by atoms with Crippen molar-refractivity contribution in [2.24, 2.45) is 5.73 Å². The van der Waals surface area contributed by atoms with Gasteiger partial charge in [-0.3, -0.25) is 4.98 Å². The molecule has 3 aromatic heterocycles. The molecule has 2 saturated carbocycles. The first kappa shape index (κ1) is 23.7. The van der Waals surface area contributed by atoms with E-state index in [4.69, 9.17) is 27.2 Å². The third kappa shape index (κ3) is 4.59. The maximum absolute atomic E-state index is 6.62. The molecule has 3 heterocycles. The van der Waals surface area contributed by atoms with Crippen molar-refractivity contribution in [3.63, 3.8) is 0 Å². The molecule has 9 heteroatoms. The van der Waals surface area contributed by atoms with E-state index in [1.165, 1.54) is 25.7 Å². The molecule has 7 N–H and O–H groups in total. The SMILES string of the molecule is Nc1nc(NCc2ccc(-c3ccccc3N)nc2)c2nc(C3CCCCC3N)n(C3CCCC3)c2n1. The number of rotatable bonds is 6. The number of pyridine rings is 1. The van der Waals surface area contributed by atoms with E-state index in [1.54, 1.807) is 0 Å². The zero-order valence-corrected chi connectivity index (χ0v) is 21.1. The number of nitrogens with zero attached hydrogens (tertiary/aromatic N) is 5. The highest BCUT2D eigenvalue weighted by molar-refractivity contribution is 5.85. The zero-order chi connectivity index (χ0) is 25.4. The molecule has 192 valence electrons.